The quantitative estimate of drug-likeness (QED) is 0.644. The van der Waals surface area contributed by atoms with Crippen LogP contribution in [0.5, 0.6) is 11.5 Å². The van der Waals surface area contributed by atoms with E-state index in [1.54, 1.807) is 0 Å². The second-order valence-corrected chi connectivity index (χ2v) is 7.47. The zero-order valence-electron chi connectivity index (χ0n) is 14.7. The third kappa shape index (κ3) is 4.42. The first-order valence-corrected chi connectivity index (χ1v) is 9.33. The van der Waals surface area contributed by atoms with Crippen molar-refractivity contribution in [1.82, 2.24) is 0 Å². The van der Waals surface area contributed by atoms with Gasteiger partial charge in [0.2, 0.25) is 0 Å². The zero-order valence-corrected chi connectivity index (χ0v) is 16.3. The molecule has 2 rings (SSSR count). The van der Waals surface area contributed by atoms with Crippen LogP contribution in [0.25, 0.3) is 0 Å². The highest BCUT2D eigenvalue weighted by Gasteiger charge is 2.29. The lowest BCUT2D eigenvalue weighted by atomic mass is 10.3. The topological polar surface area (TPSA) is 82.1 Å². The number of carbonyl (C=O) groups excluding carboxylic acids is 1. The first-order valence-electron chi connectivity index (χ1n) is 7.51. The number of methoxy groups -OCH3 is 3. The van der Waals surface area contributed by atoms with E-state index in [1.165, 1.54) is 44.6 Å². The van der Waals surface area contributed by atoms with Gasteiger partial charge in [-0.25, -0.2) is 12.8 Å². The smallest absolute Gasteiger partial charge is 0.326 e. The first kappa shape index (κ1) is 20.8. The van der Waals surface area contributed by atoms with Crippen molar-refractivity contribution in [3.8, 4) is 11.5 Å². The fourth-order valence-electron chi connectivity index (χ4n) is 2.24. The summed E-state index contributed by atoms with van der Waals surface area (Å²) in [5.74, 6) is -1.45. The summed E-state index contributed by atoms with van der Waals surface area (Å²) in [5, 5.41) is 0.140. The van der Waals surface area contributed by atoms with E-state index in [-0.39, 0.29) is 21.4 Å². The van der Waals surface area contributed by atoms with Gasteiger partial charge in [-0.05, 0) is 36.4 Å². The van der Waals surface area contributed by atoms with Crippen LogP contribution < -0.4 is 13.8 Å². The van der Waals surface area contributed by atoms with Crippen LogP contribution in [0.4, 0.5) is 10.1 Å². The number of nitrogens with zero attached hydrogens (tertiary/aromatic N) is 1. The number of anilines is 1. The Hall–Kier alpha value is -2.52. The lowest BCUT2D eigenvalue weighted by Crippen LogP contribution is -2.36. The van der Waals surface area contributed by atoms with E-state index < -0.39 is 28.4 Å². The summed E-state index contributed by atoms with van der Waals surface area (Å²) in [7, 11) is -0.513. The molecule has 0 saturated heterocycles. The van der Waals surface area contributed by atoms with Crippen LogP contribution in [0.15, 0.2) is 41.3 Å². The van der Waals surface area contributed by atoms with Gasteiger partial charge in [0.25, 0.3) is 10.0 Å². The Morgan fingerprint density at radius 3 is 2.22 bits per heavy atom. The largest absolute Gasteiger partial charge is 0.495 e. The third-order valence-corrected chi connectivity index (χ3v) is 5.70. The molecule has 7 nitrogen and oxygen atoms in total. The lowest BCUT2D eigenvalue weighted by molar-refractivity contribution is -0.138. The van der Waals surface area contributed by atoms with Gasteiger partial charge in [-0.1, -0.05) is 11.6 Å². The minimum Gasteiger partial charge on any atom is -0.495 e. The monoisotopic (exact) mass is 417 g/mol. The Kier molecular flexibility index (Phi) is 6.50. The van der Waals surface area contributed by atoms with E-state index in [2.05, 4.69) is 4.74 Å². The number of hydrogen-bond donors (Lipinski definition) is 0. The van der Waals surface area contributed by atoms with E-state index in [4.69, 9.17) is 21.1 Å². The molecule has 0 aliphatic carbocycles. The predicted octanol–water partition coefficient (Wildman–Crippen LogP) is 2.86. The Morgan fingerprint density at radius 1 is 1.07 bits per heavy atom. The van der Waals surface area contributed by atoms with Crippen molar-refractivity contribution in [2.45, 2.75) is 4.90 Å². The highest BCUT2D eigenvalue weighted by molar-refractivity contribution is 7.92. The van der Waals surface area contributed by atoms with Gasteiger partial charge in [-0.15, -0.1) is 0 Å². The molecule has 0 aliphatic rings. The molecule has 0 bridgehead atoms. The van der Waals surface area contributed by atoms with Gasteiger partial charge >= 0.3 is 5.97 Å². The van der Waals surface area contributed by atoms with Gasteiger partial charge in [0.05, 0.1) is 36.9 Å². The average Bonchev–Trinajstić information content (AvgIpc) is 2.65. The van der Waals surface area contributed by atoms with E-state index in [1.807, 2.05) is 0 Å². The van der Waals surface area contributed by atoms with Crippen LogP contribution in [0.3, 0.4) is 0 Å². The standard InChI is InChI=1S/C17H17ClFNO6S/c1-24-15-6-4-11(8-13(15)18)20(10-17(21)26-3)27(22,23)12-5-7-16(25-2)14(19)9-12/h4-9H,10H2,1-3H3. The SMILES string of the molecule is COC(=O)CN(c1ccc(OC)c(Cl)c1)S(=O)(=O)c1ccc(OC)c(F)c1. The lowest BCUT2D eigenvalue weighted by Gasteiger charge is -2.24. The maximum absolute atomic E-state index is 14.0. The highest BCUT2D eigenvalue weighted by atomic mass is 35.5. The third-order valence-electron chi connectivity index (χ3n) is 3.63. The molecule has 0 unspecified atom stereocenters. The molecule has 2 aromatic carbocycles. The zero-order chi connectivity index (χ0) is 20.2. The summed E-state index contributed by atoms with van der Waals surface area (Å²) in [4.78, 5) is 11.4. The maximum atomic E-state index is 14.0. The molecule has 0 fully saturated rings. The predicted molar refractivity (Wildman–Crippen MR) is 97.5 cm³/mol. The van der Waals surface area contributed by atoms with E-state index in [0.29, 0.717) is 5.75 Å². The van der Waals surface area contributed by atoms with Gasteiger partial charge in [-0.3, -0.25) is 9.10 Å². The normalized spacial score (nSPS) is 11.0. The number of carbonyl (C=O) groups is 1. The van der Waals surface area contributed by atoms with E-state index in [9.17, 15) is 17.6 Å². The Labute approximate surface area is 161 Å². The van der Waals surface area contributed by atoms with Crippen LogP contribution in [0, 0.1) is 5.82 Å². The molecule has 0 radical (unpaired) electrons. The van der Waals surface area contributed by atoms with Crippen molar-refractivity contribution in [3.05, 3.63) is 47.2 Å². The van der Waals surface area contributed by atoms with Crippen molar-refractivity contribution in [3.63, 3.8) is 0 Å². The van der Waals surface area contributed by atoms with Gasteiger partial charge < -0.3 is 14.2 Å². The number of benzene rings is 2. The minimum absolute atomic E-state index is 0.0856. The number of rotatable bonds is 7. The Morgan fingerprint density at radius 2 is 1.70 bits per heavy atom. The summed E-state index contributed by atoms with van der Waals surface area (Å²) in [6.45, 7) is -0.630. The molecule has 0 aromatic heterocycles. The number of esters is 1. The highest BCUT2D eigenvalue weighted by Crippen LogP contribution is 2.32. The van der Waals surface area contributed by atoms with Crippen LogP contribution in [0.2, 0.25) is 5.02 Å². The van der Waals surface area contributed by atoms with Crippen molar-refractivity contribution in [1.29, 1.82) is 0 Å². The molecule has 0 atom stereocenters. The number of ether oxygens (including phenoxy) is 3. The van der Waals surface area contributed by atoms with Crippen LogP contribution in [-0.2, 0) is 19.6 Å². The van der Waals surface area contributed by atoms with Crippen molar-refractivity contribution < 1.29 is 31.8 Å². The number of halogens is 2. The van der Waals surface area contributed by atoms with Gasteiger partial charge in [0.1, 0.15) is 12.3 Å². The summed E-state index contributed by atoms with van der Waals surface area (Å²) >= 11 is 6.07. The van der Waals surface area contributed by atoms with Crippen LogP contribution in [0.1, 0.15) is 0 Å². The molecular formula is C17H17ClFNO6S. The van der Waals surface area contributed by atoms with E-state index in [0.717, 1.165) is 17.5 Å². The van der Waals surface area contributed by atoms with Crippen molar-refractivity contribution in [2.75, 3.05) is 32.2 Å². The Balaban J connectivity index is 2.57. The molecule has 0 heterocycles. The van der Waals surface area contributed by atoms with Gasteiger partial charge in [0.15, 0.2) is 11.6 Å². The number of hydrogen-bond acceptors (Lipinski definition) is 6. The summed E-state index contributed by atoms with van der Waals surface area (Å²) in [5.41, 5.74) is 0.0856. The molecule has 0 aliphatic heterocycles. The average molecular weight is 418 g/mol. The molecule has 10 heteroatoms. The summed E-state index contributed by atoms with van der Waals surface area (Å²) in [6.07, 6.45) is 0. The summed E-state index contributed by atoms with van der Waals surface area (Å²) in [6, 6.07) is 7.34. The van der Waals surface area contributed by atoms with E-state index >= 15 is 0 Å². The molecule has 0 saturated carbocycles. The van der Waals surface area contributed by atoms with Gasteiger partial charge in [-0.2, -0.15) is 0 Å². The minimum atomic E-state index is -4.31. The molecule has 0 N–H and O–H groups in total. The summed E-state index contributed by atoms with van der Waals surface area (Å²) < 4.78 is 55.2. The van der Waals surface area contributed by atoms with Crippen LogP contribution >= 0.6 is 11.6 Å². The van der Waals surface area contributed by atoms with Crippen molar-refractivity contribution in [2.24, 2.45) is 0 Å². The molecule has 146 valence electrons. The molecule has 2 aromatic rings. The number of sulfonamides is 1. The van der Waals surface area contributed by atoms with Crippen molar-refractivity contribution >= 4 is 33.3 Å². The molecule has 0 amide bonds. The van der Waals surface area contributed by atoms with Crippen LogP contribution in [-0.4, -0.2) is 42.3 Å². The molecular weight excluding hydrogens is 401 g/mol. The first-order chi connectivity index (χ1) is 12.7. The molecule has 0 spiro atoms. The maximum Gasteiger partial charge on any atom is 0.326 e. The fourth-order valence-corrected chi connectivity index (χ4v) is 3.91. The second-order valence-electron chi connectivity index (χ2n) is 5.20. The Bertz CT molecular complexity index is 950. The molecule has 27 heavy (non-hydrogen) atoms. The second kappa shape index (κ2) is 8.45. The van der Waals surface area contributed by atoms with Gasteiger partial charge in [0, 0.05) is 0 Å². The fraction of sp³-hybridized carbons (Fsp3) is 0.235.